The fourth-order valence-corrected chi connectivity index (χ4v) is 3.18. The number of ketones is 1. The lowest BCUT2D eigenvalue weighted by molar-refractivity contribution is -0.122. The molecular formula is C14H19N3O4S. The number of amides is 1. The van der Waals surface area contributed by atoms with Crippen molar-refractivity contribution in [2.24, 2.45) is 0 Å². The smallest absolute Gasteiger partial charge is 0.257 e. The third kappa shape index (κ3) is 3.33. The van der Waals surface area contributed by atoms with E-state index >= 15 is 0 Å². The molecule has 0 spiro atoms. The topological polar surface area (TPSA) is 96.4 Å². The molecular weight excluding hydrogens is 306 g/mol. The lowest BCUT2D eigenvalue weighted by Gasteiger charge is -2.34. The Balaban J connectivity index is 2.24. The van der Waals surface area contributed by atoms with Gasteiger partial charge in [-0.2, -0.15) is 0 Å². The van der Waals surface area contributed by atoms with Gasteiger partial charge in [-0.1, -0.05) is 0 Å². The van der Waals surface area contributed by atoms with Gasteiger partial charge in [0.25, 0.3) is 15.9 Å². The number of hydrogen-bond donors (Lipinski definition) is 1. The van der Waals surface area contributed by atoms with Crippen LogP contribution < -0.4 is 4.72 Å². The van der Waals surface area contributed by atoms with Crippen molar-refractivity contribution in [1.29, 1.82) is 0 Å². The molecule has 0 aromatic carbocycles. The maximum Gasteiger partial charge on any atom is 0.257 e. The Morgan fingerprint density at radius 3 is 2.59 bits per heavy atom. The van der Waals surface area contributed by atoms with Gasteiger partial charge in [0.1, 0.15) is 0 Å². The molecule has 1 aromatic heterocycles. The molecule has 1 amide bonds. The summed E-state index contributed by atoms with van der Waals surface area (Å²) >= 11 is 0. The van der Waals surface area contributed by atoms with Crippen LogP contribution in [-0.4, -0.2) is 49.6 Å². The summed E-state index contributed by atoms with van der Waals surface area (Å²) in [5.74, 6) is -0.323. The Bertz CT molecular complexity index is 670. The molecule has 2 heterocycles. The van der Waals surface area contributed by atoms with E-state index in [1.807, 2.05) is 0 Å². The van der Waals surface area contributed by atoms with Gasteiger partial charge in [0, 0.05) is 12.7 Å². The molecule has 1 aliphatic rings. The van der Waals surface area contributed by atoms with Gasteiger partial charge in [0.2, 0.25) is 0 Å². The normalized spacial score (nSPS) is 19.0. The number of piperidine rings is 1. The summed E-state index contributed by atoms with van der Waals surface area (Å²) in [7, 11) is -2.34. The van der Waals surface area contributed by atoms with Gasteiger partial charge in [-0.25, -0.2) is 18.1 Å². The number of nitrogens with zero attached hydrogens (tertiary/aromatic N) is 2. The number of aromatic nitrogens is 1. The molecule has 22 heavy (non-hydrogen) atoms. The molecule has 1 N–H and O–H groups in total. The minimum Gasteiger partial charge on any atom is -0.329 e. The summed E-state index contributed by atoms with van der Waals surface area (Å²) in [6.07, 6.45) is 3.68. The molecule has 7 nitrogen and oxygen atoms in total. The number of Topliss-reactive ketones (excluding diaryl/α,β-unsaturated/α-hetero) is 1. The second-order valence-corrected chi connectivity index (χ2v) is 7.05. The number of pyridine rings is 1. The standard InChI is InChI=1S/C14H19N3O4S/c1-10(18)12-5-3-4-8-17(12)14(19)11-6-7-13(16-9-11)22(20,21)15-2/h6-7,9,12,15H,3-5,8H2,1-2H3/t12-/m0/s1. The minimum atomic E-state index is -3.63. The van der Waals surface area contributed by atoms with Gasteiger partial charge in [0.15, 0.2) is 10.8 Å². The molecule has 0 bridgehead atoms. The molecule has 0 radical (unpaired) electrons. The Hall–Kier alpha value is -1.80. The first-order chi connectivity index (χ1) is 10.4. The molecule has 1 atom stereocenters. The number of rotatable bonds is 4. The van der Waals surface area contributed by atoms with E-state index in [4.69, 9.17) is 0 Å². The van der Waals surface area contributed by atoms with Crippen LogP contribution in [0.2, 0.25) is 0 Å². The largest absolute Gasteiger partial charge is 0.329 e. The van der Waals surface area contributed by atoms with Crippen LogP contribution in [0.15, 0.2) is 23.4 Å². The number of sulfonamides is 1. The van der Waals surface area contributed by atoms with Crippen LogP contribution in [0.3, 0.4) is 0 Å². The summed E-state index contributed by atoms with van der Waals surface area (Å²) in [4.78, 5) is 29.6. The molecule has 1 aliphatic heterocycles. The number of carbonyl (C=O) groups excluding carboxylic acids is 2. The van der Waals surface area contributed by atoms with Gasteiger partial charge in [0.05, 0.1) is 11.6 Å². The van der Waals surface area contributed by atoms with Gasteiger partial charge >= 0.3 is 0 Å². The van der Waals surface area contributed by atoms with Gasteiger partial charge in [-0.05, 0) is 45.4 Å². The van der Waals surface area contributed by atoms with Crippen molar-refractivity contribution < 1.29 is 18.0 Å². The molecule has 8 heteroatoms. The highest BCUT2D eigenvalue weighted by Gasteiger charge is 2.30. The minimum absolute atomic E-state index is 0.0320. The maximum absolute atomic E-state index is 12.5. The third-order valence-electron chi connectivity index (χ3n) is 3.76. The molecule has 1 fully saturated rings. The lowest BCUT2D eigenvalue weighted by atomic mass is 9.98. The molecule has 1 saturated heterocycles. The van der Waals surface area contributed by atoms with E-state index < -0.39 is 16.1 Å². The maximum atomic E-state index is 12.5. The predicted octanol–water partition coefficient (Wildman–Crippen LogP) is 0.573. The first kappa shape index (κ1) is 16.6. The number of likely N-dealkylation sites (tertiary alicyclic amines) is 1. The van der Waals surface area contributed by atoms with Crippen molar-refractivity contribution in [3.05, 3.63) is 23.9 Å². The average molecular weight is 325 g/mol. The van der Waals surface area contributed by atoms with Crippen LogP contribution in [0, 0.1) is 0 Å². The molecule has 1 aromatic rings. The Morgan fingerprint density at radius 1 is 1.32 bits per heavy atom. The van der Waals surface area contributed by atoms with Crippen molar-refractivity contribution in [2.75, 3.05) is 13.6 Å². The summed E-state index contributed by atoms with van der Waals surface area (Å²) in [6, 6.07) is 2.30. The highest BCUT2D eigenvalue weighted by atomic mass is 32.2. The average Bonchev–Trinajstić information content (AvgIpc) is 2.54. The Morgan fingerprint density at radius 2 is 2.05 bits per heavy atom. The van der Waals surface area contributed by atoms with Crippen molar-refractivity contribution in [3.8, 4) is 0 Å². The first-order valence-corrected chi connectivity index (χ1v) is 8.56. The van der Waals surface area contributed by atoms with E-state index in [1.165, 1.54) is 32.3 Å². The van der Waals surface area contributed by atoms with Crippen LogP contribution in [0.25, 0.3) is 0 Å². The quantitative estimate of drug-likeness (QED) is 0.873. The summed E-state index contributed by atoms with van der Waals surface area (Å²) in [5, 5.41) is -0.145. The van der Waals surface area contributed by atoms with Crippen LogP contribution in [0.5, 0.6) is 0 Å². The highest BCUT2D eigenvalue weighted by Crippen LogP contribution is 2.20. The molecule has 0 aliphatic carbocycles. The van der Waals surface area contributed by atoms with Crippen molar-refractivity contribution in [2.45, 2.75) is 37.3 Å². The Labute approximate surface area is 129 Å². The number of carbonyl (C=O) groups is 2. The predicted molar refractivity (Wildman–Crippen MR) is 79.8 cm³/mol. The summed E-state index contributed by atoms with van der Waals surface area (Å²) in [6.45, 7) is 2.01. The van der Waals surface area contributed by atoms with E-state index in [2.05, 4.69) is 9.71 Å². The Kier molecular flexibility index (Phi) is 4.92. The first-order valence-electron chi connectivity index (χ1n) is 7.08. The second-order valence-electron chi connectivity index (χ2n) is 5.21. The fourth-order valence-electron chi connectivity index (χ4n) is 2.53. The molecule has 2 rings (SSSR count). The van der Waals surface area contributed by atoms with E-state index in [0.29, 0.717) is 13.0 Å². The van der Waals surface area contributed by atoms with E-state index in [0.717, 1.165) is 12.8 Å². The van der Waals surface area contributed by atoms with Crippen molar-refractivity contribution >= 4 is 21.7 Å². The third-order valence-corrected chi connectivity index (χ3v) is 5.09. The summed E-state index contributed by atoms with van der Waals surface area (Å²) < 4.78 is 25.4. The number of hydrogen-bond acceptors (Lipinski definition) is 5. The fraction of sp³-hybridized carbons (Fsp3) is 0.500. The SMILES string of the molecule is CNS(=O)(=O)c1ccc(C(=O)N2CCCC[C@H]2C(C)=O)cn1. The van der Waals surface area contributed by atoms with Crippen LogP contribution in [0.4, 0.5) is 0 Å². The highest BCUT2D eigenvalue weighted by molar-refractivity contribution is 7.89. The summed E-state index contributed by atoms with van der Waals surface area (Å²) in [5.41, 5.74) is 0.281. The lowest BCUT2D eigenvalue weighted by Crippen LogP contribution is -2.47. The van der Waals surface area contributed by atoms with Crippen molar-refractivity contribution in [3.63, 3.8) is 0 Å². The molecule has 120 valence electrons. The van der Waals surface area contributed by atoms with E-state index in [9.17, 15) is 18.0 Å². The van der Waals surface area contributed by atoms with E-state index in [-0.39, 0.29) is 22.3 Å². The zero-order valence-corrected chi connectivity index (χ0v) is 13.4. The molecule has 0 unspecified atom stereocenters. The van der Waals surface area contributed by atoms with Crippen LogP contribution in [0.1, 0.15) is 36.5 Å². The zero-order chi connectivity index (χ0) is 16.3. The molecule has 0 saturated carbocycles. The second kappa shape index (κ2) is 6.53. The van der Waals surface area contributed by atoms with Crippen LogP contribution >= 0.6 is 0 Å². The number of nitrogens with one attached hydrogen (secondary N) is 1. The van der Waals surface area contributed by atoms with Crippen LogP contribution in [-0.2, 0) is 14.8 Å². The monoisotopic (exact) mass is 325 g/mol. The van der Waals surface area contributed by atoms with Gasteiger partial charge in [-0.15, -0.1) is 0 Å². The van der Waals surface area contributed by atoms with Gasteiger partial charge in [-0.3, -0.25) is 9.59 Å². The van der Waals surface area contributed by atoms with E-state index in [1.54, 1.807) is 4.90 Å². The van der Waals surface area contributed by atoms with Crippen molar-refractivity contribution in [1.82, 2.24) is 14.6 Å². The zero-order valence-electron chi connectivity index (χ0n) is 12.6. The van der Waals surface area contributed by atoms with Gasteiger partial charge < -0.3 is 4.90 Å².